The van der Waals surface area contributed by atoms with Crippen molar-refractivity contribution >= 4 is 17.0 Å². The molecule has 0 amide bonds. The Bertz CT molecular complexity index is 478. The highest BCUT2D eigenvalue weighted by molar-refractivity contribution is 5.87. The molecule has 0 fully saturated rings. The summed E-state index contributed by atoms with van der Waals surface area (Å²) in [7, 11) is 0. The summed E-state index contributed by atoms with van der Waals surface area (Å²) in [4.78, 5) is 11.4. The van der Waals surface area contributed by atoms with Crippen LogP contribution in [0.25, 0.3) is 10.9 Å². The Balaban J connectivity index is 2.31. The van der Waals surface area contributed by atoms with Crippen molar-refractivity contribution in [2.24, 2.45) is 0 Å². The van der Waals surface area contributed by atoms with E-state index in [1.807, 2.05) is 18.2 Å². The molecule has 0 saturated heterocycles. The van der Waals surface area contributed by atoms with E-state index < -0.39 is 6.09 Å². The van der Waals surface area contributed by atoms with Crippen molar-refractivity contribution in [2.45, 2.75) is 0 Å². The zero-order chi connectivity index (χ0) is 10.7. The van der Waals surface area contributed by atoms with Crippen LogP contribution in [-0.2, 0) is 4.74 Å². The molecule has 1 aromatic heterocycles. The van der Waals surface area contributed by atoms with Crippen LogP contribution in [-0.4, -0.2) is 34.2 Å². The zero-order valence-corrected chi connectivity index (χ0v) is 7.96. The summed E-state index contributed by atoms with van der Waals surface area (Å²) in [5.41, 5.74) is 0.695. The van der Waals surface area contributed by atoms with Crippen molar-refractivity contribution in [1.82, 2.24) is 9.78 Å². The molecule has 0 aliphatic heterocycles. The van der Waals surface area contributed by atoms with Gasteiger partial charge in [-0.15, -0.1) is 0 Å². The van der Waals surface area contributed by atoms with E-state index in [1.54, 1.807) is 12.3 Å². The summed E-state index contributed by atoms with van der Waals surface area (Å²) in [6, 6.07) is 7.33. The minimum Gasteiger partial charge on any atom is -0.445 e. The number of nitrogens with zero attached hydrogens (tertiary/aromatic N) is 2. The lowest BCUT2D eigenvalue weighted by Crippen LogP contribution is -2.16. The predicted molar refractivity (Wildman–Crippen MR) is 53.6 cm³/mol. The van der Waals surface area contributed by atoms with Gasteiger partial charge in [0.25, 0.3) is 0 Å². The largest absolute Gasteiger partial charge is 0.445 e. The zero-order valence-electron chi connectivity index (χ0n) is 7.96. The molecule has 1 N–H and O–H groups in total. The third-order valence-corrected chi connectivity index (χ3v) is 1.97. The van der Waals surface area contributed by atoms with Crippen molar-refractivity contribution in [3.05, 3.63) is 30.5 Å². The van der Waals surface area contributed by atoms with Gasteiger partial charge in [0.05, 0.1) is 18.3 Å². The van der Waals surface area contributed by atoms with Gasteiger partial charge in [-0.3, -0.25) is 0 Å². The van der Waals surface area contributed by atoms with Crippen LogP contribution in [0.15, 0.2) is 30.5 Å². The quantitative estimate of drug-likeness (QED) is 0.796. The molecule has 1 aromatic carbocycles. The maximum Gasteiger partial charge on any atom is 0.435 e. The second-order valence-corrected chi connectivity index (χ2v) is 2.95. The van der Waals surface area contributed by atoms with Crippen LogP contribution in [0.4, 0.5) is 4.79 Å². The van der Waals surface area contributed by atoms with Gasteiger partial charge >= 0.3 is 6.09 Å². The molecule has 5 heteroatoms. The standard InChI is InChI=1S/C10H10N2O3/c13-5-6-15-10(14)12-9-4-2-1-3-8(9)7-11-12/h1-4,7,13H,5-6H2. The summed E-state index contributed by atoms with van der Waals surface area (Å²) >= 11 is 0. The summed E-state index contributed by atoms with van der Waals surface area (Å²) in [6.45, 7) is -0.210. The molecule has 0 atom stereocenters. The Morgan fingerprint density at radius 3 is 3.07 bits per heavy atom. The molecular formula is C10H10N2O3. The van der Waals surface area contributed by atoms with E-state index in [0.717, 1.165) is 5.39 Å². The molecule has 0 radical (unpaired) electrons. The Kier molecular flexibility index (Phi) is 2.64. The monoisotopic (exact) mass is 206 g/mol. The highest BCUT2D eigenvalue weighted by Crippen LogP contribution is 2.12. The first-order valence-corrected chi connectivity index (χ1v) is 4.53. The summed E-state index contributed by atoms with van der Waals surface area (Å²) < 4.78 is 5.93. The van der Waals surface area contributed by atoms with E-state index in [0.29, 0.717) is 5.52 Å². The van der Waals surface area contributed by atoms with Crippen molar-refractivity contribution in [3.63, 3.8) is 0 Å². The van der Waals surface area contributed by atoms with Crippen LogP contribution in [0, 0.1) is 0 Å². The number of fused-ring (bicyclic) bond motifs is 1. The number of hydrogen-bond donors (Lipinski definition) is 1. The molecule has 0 spiro atoms. The fourth-order valence-corrected chi connectivity index (χ4v) is 1.31. The third-order valence-electron chi connectivity index (χ3n) is 1.97. The maximum atomic E-state index is 11.4. The second-order valence-electron chi connectivity index (χ2n) is 2.95. The number of carbonyl (C=O) groups is 1. The first kappa shape index (κ1) is 9.67. The third kappa shape index (κ3) is 1.82. The number of aromatic nitrogens is 2. The van der Waals surface area contributed by atoms with Crippen molar-refractivity contribution in [3.8, 4) is 0 Å². The maximum absolute atomic E-state index is 11.4. The molecule has 0 saturated carbocycles. The normalized spacial score (nSPS) is 10.5. The molecule has 1 heterocycles. The number of aliphatic hydroxyl groups is 1. The lowest BCUT2D eigenvalue weighted by atomic mass is 10.3. The van der Waals surface area contributed by atoms with Crippen molar-refractivity contribution in [1.29, 1.82) is 0 Å². The number of carbonyl (C=O) groups excluding carboxylic acids is 1. The van der Waals surface area contributed by atoms with E-state index in [9.17, 15) is 4.79 Å². The fourth-order valence-electron chi connectivity index (χ4n) is 1.31. The molecule has 0 unspecified atom stereocenters. The lowest BCUT2D eigenvalue weighted by Gasteiger charge is -2.02. The summed E-state index contributed by atoms with van der Waals surface area (Å²) in [5.74, 6) is 0. The van der Waals surface area contributed by atoms with Gasteiger partial charge < -0.3 is 9.84 Å². The van der Waals surface area contributed by atoms with Crippen LogP contribution in [0.2, 0.25) is 0 Å². The SMILES string of the molecule is O=C(OCCO)n1ncc2ccccc21. The van der Waals surface area contributed by atoms with Gasteiger partial charge in [-0.05, 0) is 6.07 Å². The van der Waals surface area contributed by atoms with Crippen LogP contribution in [0.5, 0.6) is 0 Å². The Morgan fingerprint density at radius 1 is 1.47 bits per heavy atom. The number of hydrogen-bond acceptors (Lipinski definition) is 4. The Hall–Kier alpha value is -1.88. The number of aliphatic hydroxyl groups excluding tert-OH is 1. The van der Waals surface area contributed by atoms with Crippen LogP contribution in [0.3, 0.4) is 0 Å². The van der Waals surface area contributed by atoms with Crippen LogP contribution in [0.1, 0.15) is 0 Å². The van der Waals surface area contributed by atoms with Gasteiger partial charge in [-0.2, -0.15) is 9.78 Å². The molecule has 2 aromatic rings. The van der Waals surface area contributed by atoms with E-state index in [2.05, 4.69) is 5.10 Å². The number of benzene rings is 1. The minimum absolute atomic E-state index is 0.0208. The Labute approximate surface area is 85.9 Å². The number of para-hydroxylation sites is 1. The van der Waals surface area contributed by atoms with Gasteiger partial charge in [-0.25, -0.2) is 4.79 Å². The van der Waals surface area contributed by atoms with E-state index in [4.69, 9.17) is 9.84 Å². The van der Waals surface area contributed by atoms with Crippen LogP contribution >= 0.6 is 0 Å². The number of ether oxygens (including phenoxy) is 1. The fraction of sp³-hybridized carbons (Fsp3) is 0.200. The van der Waals surface area contributed by atoms with E-state index >= 15 is 0 Å². The van der Waals surface area contributed by atoms with Gasteiger partial charge in [0.2, 0.25) is 0 Å². The van der Waals surface area contributed by atoms with Crippen molar-refractivity contribution in [2.75, 3.05) is 13.2 Å². The van der Waals surface area contributed by atoms with Gasteiger partial charge in [-0.1, -0.05) is 18.2 Å². The second kappa shape index (κ2) is 4.10. The van der Waals surface area contributed by atoms with Gasteiger partial charge in [0.15, 0.2) is 0 Å². The predicted octanol–water partition coefficient (Wildman–Crippen LogP) is 1.01. The first-order valence-electron chi connectivity index (χ1n) is 4.53. The molecule has 5 nitrogen and oxygen atoms in total. The molecule has 0 aliphatic rings. The average molecular weight is 206 g/mol. The highest BCUT2D eigenvalue weighted by Gasteiger charge is 2.10. The average Bonchev–Trinajstić information content (AvgIpc) is 2.69. The summed E-state index contributed by atoms with van der Waals surface area (Å²) in [6.07, 6.45) is 1.01. The molecule has 15 heavy (non-hydrogen) atoms. The minimum atomic E-state index is -0.578. The lowest BCUT2D eigenvalue weighted by molar-refractivity contribution is 0.119. The van der Waals surface area contributed by atoms with E-state index in [1.165, 1.54) is 4.68 Å². The smallest absolute Gasteiger partial charge is 0.435 e. The van der Waals surface area contributed by atoms with Gasteiger partial charge in [0.1, 0.15) is 6.61 Å². The molecular weight excluding hydrogens is 196 g/mol. The molecule has 78 valence electrons. The molecule has 2 rings (SSSR count). The molecule has 0 aliphatic carbocycles. The summed E-state index contributed by atoms with van der Waals surface area (Å²) in [5, 5.41) is 13.3. The first-order chi connectivity index (χ1) is 7.33. The van der Waals surface area contributed by atoms with Crippen LogP contribution < -0.4 is 0 Å². The Morgan fingerprint density at radius 2 is 2.27 bits per heavy atom. The topological polar surface area (TPSA) is 64.3 Å². The molecule has 0 bridgehead atoms. The van der Waals surface area contributed by atoms with E-state index in [-0.39, 0.29) is 13.2 Å². The van der Waals surface area contributed by atoms with Gasteiger partial charge in [0, 0.05) is 5.39 Å². The van der Waals surface area contributed by atoms with Crippen molar-refractivity contribution < 1.29 is 14.6 Å². The number of rotatable bonds is 2. The highest BCUT2D eigenvalue weighted by atomic mass is 16.6.